The highest BCUT2D eigenvalue weighted by Crippen LogP contribution is 2.23. The van der Waals surface area contributed by atoms with Crippen LogP contribution in [0.1, 0.15) is 111 Å². The lowest BCUT2D eigenvalue weighted by Crippen LogP contribution is -2.10. The molecule has 0 aliphatic carbocycles. The van der Waals surface area contributed by atoms with Gasteiger partial charge in [-0.15, -0.1) is 0 Å². The topological polar surface area (TPSA) is 0 Å². The van der Waals surface area contributed by atoms with E-state index in [4.69, 9.17) is 0 Å². The second-order valence-corrected chi connectivity index (χ2v) is 19.7. The second-order valence-electron chi connectivity index (χ2n) is 19.7. The van der Waals surface area contributed by atoms with Gasteiger partial charge in [-0.2, -0.15) is 0 Å². The van der Waals surface area contributed by atoms with Crippen LogP contribution in [-0.4, -0.2) is 0 Å². The van der Waals surface area contributed by atoms with Gasteiger partial charge < -0.3 is 0 Å². The molecule has 0 heterocycles. The van der Waals surface area contributed by atoms with Gasteiger partial charge in [0.1, 0.15) is 0 Å². The van der Waals surface area contributed by atoms with Gasteiger partial charge in [0.15, 0.2) is 0 Å². The SMILES string of the molecule is C/C=C\c1ccccc1.C=Cc1c(C)cc(C)cc1C.C=Cc1ccc(C(C)(C)C)cc1.C=Cc1ccc(C)cc1.C=Cc1cccc(C)c1.C=Cc1cccc2ccccc12.C=Cc1ccccc1.C=Cc1ccccc1C. The molecule has 9 aromatic rings. The quantitative estimate of drug-likeness (QED) is 0.142. The van der Waals surface area contributed by atoms with Crippen LogP contribution in [0, 0.1) is 41.5 Å². The molecule has 0 aliphatic heterocycles. The average molecular weight is 1040 g/mol. The summed E-state index contributed by atoms with van der Waals surface area (Å²) in [5.74, 6) is 0. The molecular formula is C79H88. The molecule has 0 fully saturated rings. The van der Waals surface area contributed by atoms with Crippen molar-refractivity contribution in [1.82, 2.24) is 0 Å². The largest absolute Gasteiger partial charge is 0.0985 e. The van der Waals surface area contributed by atoms with E-state index >= 15 is 0 Å². The molecule has 0 atom stereocenters. The third-order valence-corrected chi connectivity index (χ3v) is 12.2. The minimum Gasteiger partial charge on any atom is -0.0985 e. The summed E-state index contributed by atoms with van der Waals surface area (Å²) in [6.45, 7) is 47.2. The number of aryl methyl sites for hydroxylation is 6. The van der Waals surface area contributed by atoms with Crippen LogP contribution >= 0.6 is 0 Å². The fraction of sp³-hybridized carbons (Fsp3) is 0.139. The number of hydrogen-bond acceptors (Lipinski definition) is 0. The summed E-state index contributed by atoms with van der Waals surface area (Å²) >= 11 is 0. The molecule has 0 N–H and O–H groups in total. The van der Waals surface area contributed by atoms with E-state index in [2.05, 4.69) is 254 Å². The molecular weight excluding hydrogens is 949 g/mol. The van der Waals surface area contributed by atoms with Crippen molar-refractivity contribution in [3.05, 3.63) is 348 Å². The van der Waals surface area contributed by atoms with E-state index in [0.717, 1.165) is 0 Å². The summed E-state index contributed by atoms with van der Waals surface area (Å²) in [6.07, 6.45) is 17.2. The Hall–Kier alpha value is -8.84. The number of allylic oxidation sites excluding steroid dienone is 1. The molecule has 0 heteroatoms. The Morgan fingerprint density at radius 1 is 0.316 bits per heavy atom. The Labute approximate surface area is 479 Å². The molecule has 0 unspecified atom stereocenters. The van der Waals surface area contributed by atoms with E-state index in [0.29, 0.717) is 0 Å². The highest BCUT2D eigenvalue weighted by atomic mass is 14.2. The van der Waals surface area contributed by atoms with Crippen molar-refractivity contribution < 1.29 is 0 Å². The highest BCUT2D eigenvalue weighted by molar-refractivity contribution is 5.90. The minimum absolute atomic E-state index is 0.250. The van der Waals surface area contributed by atoms with Gasteiger partial charge in [-0.05, 0) is 131 Å². The first kappa shape index (κ1) is 66.3. The molecule has 0 spiro atoms. The van der Waals surface area contributed by atoms with Gasteiger partial charge >= 0.3 is 0 Å². The lowest BCUT2D eigenvalue weighted by atomic mass is 9.87. The maximum Gasteiger partial charge on any atom is -0.0112 e. The van der Waals surface area contributed by atoms with E-state index in [9.17, 15) is 0 Å². The van der Waals surface area contributed by atoms with Crippen LogP contribution in [0.5, 0.6) is 0 Å². The molecule has 0 radical (unpaired) electrons. The molecule has 0 bridgehead atoms. The van der Waals surface area contributed by atoms with Crippen molar-refractivity contribution in [2.75, 3.05) is 0 Å². The van der Waals surface area contributed by atoms with E-state index < -0.39 is 0 Å². The lowest BCUT2D eigenvalue weighted by Gasteiger charge is -2.18. The number of benzene rings is 9. The second kappa shape index (κ2) is 37.8. The molecule has 0 aromatic heterocycles. The van der Waals surface area contributed by atoms with Gasteiger partial charge in [-0.1, -0.05) is 351 Å². The maximum atomic E-state index is 3.78. The van der Waals surface area contributed by atoms with Crippen molar-refractivity contribution in [2.24, 2.45) is 0 Å². The first-order valence-corrected chi connectivity index (χ1v) is 26.9. The minimum atomic E-state index is 0.250. The Morgan fingerprint density at radius 2 is 0.747 bits per heavy atom. The molecule has 0 nitrogen and oxygen atoms in total. The first-order valence-electron chi connectivity index (χ1n) is 26.9. The third kappa shape index (κ3) is 26.7. The van der Waals surface area contributed by atoms with Crippen molar-refractivity contribution in [3.8, 4) is 0 Å². The van der Waals surface area contributed by atoms with Crippen LogP contribution in [0.4, 0.5) is 0 Å². The molecule has 0 saturated carbocycles. The van der Waals surface area contributed by atoms with Gasteiger partial charge in [-0.25, -0.2) is 0 Å². The van der Waals surface area contributed by atoms with Crippen molar-refractivity contribution in [3.63, 3.8) is 0 Å². The first-order chi connectivity index (χ1) is 38.0. The van der Waals surface area contributed by atoms with Crippen LogP contribution in [0.25, 0.3) is 59.4 Å². The Kier molecular flexibility index (Phi) is 31.7. The third-order valence-electron chi connectivity index (χ3n) is 12.2. The summed E-state index contributed by atoms with van der Waals surface area (Å²) in [5.41, 5.74) is 19.1. The van der Waals surface area contributed by atoms with E-state index in [1.807, 2.05) is 128 Å². The predicted octanol–water partition coefficient (Wildman–Crippen LogP) is 23.3. The fourth-order valence-corrected chi connectivity index (χ4v) is 7.72. The summed E-state index contributed by atoms with van der Waals surface area (Å²) < 4.78 is 0. The fourth-order valence-electron chi connectivity index (χ4n) is 7.72. The van der Waals surface area contributed by atoms with Crippen LogP contribution < -0.4 is 0 Å². The molecule has 0 aliphatic rings. The summed E-state index contributed by atoms with van der Waals surface area (Å²) in [7, 11) is 0. The van der Waals surface area contributed by atoms with E-state index in [1.54, 1.807) is 0 Å². The van der Waals surface area contributed by atoms with Gasteiger partial charge in [0.25, 0.3) is 0 Å². The van der Waals surface area contributed by atoms with Gasteiger partial charge in [0.2, 0.25) is 0 Å². The summed E-state index contributed by atoms with van der Waals surface area (Å²) in [4.78, 5) is 0. The Balaban J connectivity index is 0.000000310. The molecule has 0 saturated heterocycles. The molecule has 9 aromatic carbocycles. The van der Waals surface area contributed by atoms with Crippen LogP contribution in [-0.2, 0) is 5.41 Å². The van der Waals surface area contributed by atoms with E-state index in [1.165, 1.54) is 94.2 Å². The zero-order valence-electron chi connectivity index (χ0n) is 49.4. The van der Waals surface area contributed by atoms with Crippen LogP contribution in [0.15, 0.2) is 264 Å². The zero-order valence-corrected chi connectivity index (χ0v) is 49.4. The molecule has 9 rings (SSSR count). The lowest BCUT2D eigenvalue weighted by molar-refractivity contribution is 0.590. The number of rotatable bonds is 8. The van der Waals surface area contributed by atoms with Gasteiger partial charge in [0.05, 0.1) is 0 Å². The van der Waals surface area contributed by atoms with Crippen molar-refractivity contribution in [2.45, 2.75) is 74.7 Å². The summed E-state index contributed by atoms with van der Waals surface area (Å²) in [6, 6.07) is 72.5. The number of fused-ring (bicyclic) bond motifs is 1. The molecule has 404 valence electrons. The highest BCUT2D eigenvalue weighted by Gasteiger charge is 2.12. The maximum absolute atomic E-state index is 3.78. The van der Waals surface area contributed by atoms with Crippen LogP contribution in [0.2, 0.25) is 0 Å². The predicted molar refractivity (Wildman–Crippen MR) is 362 cm³/mol. The van der Waals surface area contributed by atoms with Gasteiger partial charge in [-0.3, -0.25) is 0 Å². The zero-order chi connectivity index (χ0) is 58.4. The van der Waals surface area contributed by atoms with Crippen molar-refractivity contribution >= 4 is 59.4 Å². The number of hydrogen-bond donors (Lipinski definition) is 0. The summed E-state index contributed by atoms with van der Waals surface area (Å²) in [5, 5.41) is 2.55. The normalized spacial score (nSPS) is 9.70. The Bertz CT molecular complexity index is 3210. The van der Waals surface area contributed by atoms with Crippen LogP contribution in [0.3, 0.4) is 0 Å². The van der Waals surface area contributed by atoms with E-state index in [-0.39, 0.29) is 5.41 Å². The molecule has 79 heavy (non-hydrogen) atoms. The molecule has 0 amide bonds. The Morgan fingerprint density at radius 3 is 1.19 bits per heavy atom. The van der Waals surface area contributed by atoms with Gasteiger partial charge in [0, 0.05) is 0 Å². The van der Waals surface area contributed by atoms with Crippen molar-refractivity contribution in [1.29, 1.82) is 0 Å². The average Bonchev–Trinajstić information content (AvgIpc) is 3.47. The standard InChI is InChI=1S/C12H10.C12H16.C11H14.4C9H10.C8H8/c1-2-10-7-5-8-11-6-3-4-9-12(10)11;1-5-10-6-8-11(9-7-10)12(2,3)4;1-5-11-9(3)6-8(2)7-10(11)4;1-3-9-6-4-8(2)5-7-9;1-3-9-6-4-5-8(2)7-9;1-3-9-7-5-4-6-8(9)2;1-2-6-9-7-4-3-5-8-9;1-2-8-6-4-3-5-7-8/h2-9H,1H2;5-9H,1H2,2-4H3;5-7H,1H2,2-4H3;3*3-7H,1H2,2H3;2-8H,1H3;2-7H,1H2/b;;;;;;6-2-;. The smallest absolute Gasteiger partial charge is 0.0112 e. The monoisotopic (exact) mass is 1040 g/mol.